The number of aromatic nitrogens is 4. The minimum atomic E-state index is -0.250. The molecule has 1 aromatic heterocycles. The lowest BCUT2D eigenvalue weighted by molar-refractivity contribution is -0.118. The van der Waals surface area contributed by atoms with E-state index in [1.807, 2.05) is 6.07 Å². The van der Waals surface area contributed by atoms with Gasteiger partial charge in [-0.05, 0) is 60.8 Å². The second-order valence-electron chi connectivity index (χ2n) is 9.30. The minimum Gasteiger partial charge on any atom is -0.482 e. The molecule has 2 aliphatic heterocycles. The maximum atomic E-state index is 10.9. The molecule has 3 heterocycles. The maximum absolute atomic E-state index is 10.9. The lowest BCUT2D eigenvalue weighted by Gasteiger charge is -2.40. The minimum absolute atomic E-state index is 0.0155. The van der Waals surface area contributed by atoms with Gasteiger partial charge in [0.2, 0.25) is 11.7 Å². The number of rotatable bonds is 8. The molecule has 0 atom stereocenters. The molecule has 0 bridgehead atoms. The van der Waals surface area contributed by atoms with Crippen molar-refractivity contribution in [2.24, 2.45) is 0 Å². The summed E-state index contributed by atoms with van der Waals surface area (Å²) >= 11 is 0. The normalized spacial score (nSPS) is 16.3. The molecule has 2 aromatic carbocycles. The predicted octanol–water partition coefficient (Wildman–Crippen LogP) is 3.59. The number of benzene rings is 2. The number of tetrazole rings is 1. The van der Waals surface area contributed by atoms with Gasteiger partial charge in [0, 0.05) is 37.4 Å². The van der Waals surface area contributed by atoms with Crippen LogP contribution in [0.4, 0.5) is 0 Å². The highest BCUT2D eigenvalue weighted by Gasteiger charge is 2.36. The Balaban J connectivity index is 1.28. The lowest BCUT2D eigenvalue weighted by Crippen LogP contribution is -2.46. The summed E-state index contributed by atoms with van der Waals surface area (Å²) in [4.78, 5) is 12.6. The van der Waals surface area contributed by atoms with Crippen molar-refractivity contribution in [3.05, 3.63) is 65.7 Å². The van der Waals surface area contributed by atoms with Crippen LogP contribution in [0.15, 0.2) is 54.6 Å². The van der Waals surface area contributed by atoms with E-state index in [-0.39, 0.29) is 11.5 Å². The van der Waals surface area contributed by atoms with Gasteiger partial charge >= 0.3 is 0 Å². The molecule has 2 N–H and O–H groups in total. The van der Waals surface area contributed by atoms with Gasteiger partial charge in [-0.3, -0.25) is 4.79 Å². The largest absolute Gasteiger partial charge is 0.482 e. The standard InChI is InChI=1S/C27H32N6O2/c1-20(34)29-15-5-2-6-18-33-31-26(30-32-33)22-11-9-21(10-12-22)24-19-27(13-16-28-17-14-27)35-25-8-4-3-7-23(24)25/h3-4,7-12,19,28H,2,5-6,13-18H2,1H3,(H,29,34). The smallest absolute Gasteiger partial charge is 0.216 e. The van der Waals surface area contributed by atoms with Crippen molar-refractivity contribution < 1.29 is 9.53 Å². The van der Waals surface area contributed by atoms with E-state index in [1.165, 1.54) is 12.5 Å². The first-order valence-corrected chi connectivity index (χ1v) is 12.5. The van der Waals surface area contributed by atoms with Crippen molar-refractivity contribution in [2.75, 3.05) is 19.6 Å². The number of hydrogen-bond acceptors (Lipinski definition) is 6. The van der Waals surface area contributed by atoms with Crippen molar-refractivity contribution in [3.63, 3.8) is 0 Å². The third kappa shape index (κ3) is 5.43. The number of carbonyl (C=O) groups is 1. The molecule has 1 fully saturated rings. The Kier molecular flexibility index (Phi) is 6.90. The summed E-state index contributed by atoms with van der Waals surface area (Å²) in [6.45, 7) is 4.88. The van der Waals surface area contributed by atoms with Gasteiger partial charge in [0.1, 0.15) is 11.4 Å². The van der Waals surface area contributed by atoms with Crippen molar-refractivity contribution in [1.82, 2.24) is 30.8 Å². The molecule has 0 radical (unpaired) electrons. The van der Waals surface area contributed by atoms with E-state index < -0.39 is 0 Å². The summed E-state index contributed by atoms with van der Waals surface area (Å²) in [6.07, 6.45) is 7.15. The van der Waals surface area contributed by atoms with Crippen molar-refractivity contribution in [3.8, 4) is 17.1 Å². The van der Waals surface area contributed by atoms with Gasteiger partial charge in [-0.15, -0.1) is 10.2 Å². The maximum Gasteiger partial charge on any atom is 0.216 e. The van der Waals surface area contributed by atoms with Gasteiger partial charge in [0.05, 0.1) is 6.54 Å². The Morgan fingerprint density at radius 3 is 2.63 bits per heavy atom. The summed E-state index contributed by atoms with van der Waals surface area (Å²) in [5.74, 6) is 1.60. The van der Waals surface area contributed by atoms with Gasteiger partial charge in [-0.1, -0.05) is 42.5 Å². The molecule has 0 saturated carbocycles. The Bertz CT molecular complexity index is 1190. The zero-order chi connectivity index (χ0) is 24.1. The van der Waals surface area contributed by atoms with Crippen LogP contribution >= 0.6 is 0 Å². The van der Waals surface area contributed by atoms with Crippen LogP contribution in [0, 0.1) is 0 Å². The van der Waals surface area contributed by atoms with E-state index in [1.54, 1.807) is 4.80 Å². The molecule has 2 aliphatic rings. The molecule has 1 saturated heterocycles. The van der Waals surface area contributed by atoms with Crippen LogP contribution in [0.3, 0.4) is 0 Å². The predicted molar refractivity (Wildman–Crippen MR) is 135 cm³/mol. The molecular weight excluding hydrogens is 440 g/mol. The van der Waals surface area contributed by atoms with E-state index >= 15 is 0 Å². The highest BCUT2D eigenvalue weighted by Crippen LogP contribution is 2.42. The number of aryl methyl sites for hydroxylation is 1. The number of para-hydroxylation sites is 1. The summed E-state index contributed by atoms with van der Waals surface area (Å²) in [5.41, 5.74) is 4.21. The molecule has 182 valence electrons. The summed E-state index contributed by atoms with van der Waals surface area (Å²) in [7, 11) is 0. The summed E-state index contributed by atoms with van der Waals surface area (Å²) < 4.78 is 6.51. The monoisotopic (exact) mass is 472 g/mol. The number of fused-ring (bicyclic) bond motifs is 1. The molecule has 8 nitrogen and oxygen atoms in total. The van der Waals surface area contributed by atoms with Gasteiger partial charge in [-0.25, -0.2) is 0 Å². The third-order valence-electron chi connectivity index (χ3n) is 6.66. The zero-order valence-electron chi connectivity index (χ0n) is 20.2. The van der Waals surface area contributed by atoms with Crippen molar-refractivity contribution in [2.45, 2.75) is 51.2 Å². The highest BCUT2D eigenvalue weighted by molar-refractivity contribution is 5.85. The molecular formula is C27H32N6O2. The van der Waals surface area contributed by atoms with Gasteiger partial charge in [-0.2, -0.15) is 4.80 Å². The van der Waals surface area contributed by atoms with Crippen LogP contribution in [-0.2, 0) is 11.3 Å². The Morgan fingerprint density at radius 2 is 1.83 bits per heavy atom. The van der Waals surface area contributed by atoms with E-state index in [9.17, 15) is 4.79 Å². The first-order valence-electron chi connectivity index (χ1n) is 12.5. The number of amides is 1. The molecule has 0 aliphatic carbocycles. The zero-order valence-corrected chi connectivity index (χ0v) is 20.2. The summed E-state index contributed by atoms with van der Waals surface area (Å²) in [6, 6.07) is 16.7. The topological polar surface area (TPSA) is 94.0 Å². The molecule has 5 rings (SSSR count). The van der Waals surface area contributed by atoms with E-state index in [0.29, 0.717) is 18.9 Å². The van der Waals surface area contributed by atoms with Crippen LogP contribution in [0.2, 0.25) is 0 Å². The van der Waals surface area contributed by atoms with Gasteiger partial charge in [0.15, 0.2) is 0 Å². The quantitative estimate of drug-likeness (QED) is 0.487. The van der Waals surface area contributed by atoms with E-state index in [2.05, 4.69) is 74.6 Å². The van der Waals surface area contributed by atoms with Crippen LogP contribution in [0.1, 0.15) is 50.2 Å². The number of carbonyl (C=O) groups excluding carboxylic acids is 1. The number of nitrogens with one attached hydrogen (secondary N) is 2. The number of ether oxygens (including phenoxy) is 1. The second kappa shape index (κ2) is 10.4. The Labute approximate surface area is 205 Å². The van der Waals surface area contributed by atoms with Crippen molar-refractivity contribution >= 4 is 11.5 Å². The molecule has 0 unspecified atom stereocenters. The second-order valence-corrected chi connectivity index (χ2v) is 9.30. The highest BCUT2D eigenvalue weighted by atomic mass is 16.5. The summed E-state index contributed by atoms with van der Waals surface area (Å²) in [5, 5.41) is 19.3. The fourth-order valence-electron chi connectivity index (χ4n) is 4.77. The van der Waals surface area contributed by atoms with E-state index in [0.717, 1.165) is 67.6 Å². The molecule has 3 aromatic rings. The average Bonchev–Trinajstić information content (AvgIpc) is 3.35. The SMILES string of the molecule is CC(=O)NCCCCCn1nnc(-c2ccc(C3=CC4(CCNCC4)Oc4ccccc43)cc2)n1. The average molecular weight is 473 g/mol. The van der Waals surface area contributed by atoms with Crippen LogP contribution in [0.5, 0.6) is 5.75 Å². The number of hydrogen-bond donors (Lipinski definition) is 2. The fraction of sp³-hybridized carbons (Fsp3) is 0.407. The van der Waals surface area contributed by atoms with E-state index in [4.69, 9.17) is 4.74 Å². The third-order valence-corrected chi connectivity index (χ3v) is 6.66. The van der Waals surface area contributed by atoms with Crippen LogP contribution in [-0.4, -0.2) is 51.3 Å². The Morgan fingerprint density at radius 1 is 1.06 bits per heavy atom. The number of nitrogens with zero attached hydrogens (tertiary/aromatic N) is 4. The lowest BCUT2D eigenvalue weighted by atomic mass is 9.83. The van der Waals surface area contributed by atoms with Crippen molar-refractivity contribution in [1.29, 1.82) is 0 Å². The number of unbranched alkanes of at least 4 members (excludes halogenated alkanes) is 2. The Hall–Kier alpha value is -3.52. The molecule has 1 spiro atoms. The first kappa shape index (κ1) is 23.2. The fourth-order valence-corrected chi connectivity index (χ4v) is 4.77. The molecule has 1 amide bonds. The van der Waals surface area contributed by atoms with Crippen LogP contribution in [0.25, 0.3) is 17.0 Å². The first-order chi connectivity index (χ1) is 17.1. The van der Waals surface area contributed by atoms with Gasteiger partial charge in [0.25, 0.3) is 0 Å². The van der Waals surface area contributed by atoms with Gasteiger partial charge < -0.3 is 15.4 Å². The number of piperidine rings is 1. The molecule has 8 heteroatoms. The molecule has 35 heavy (non-hydrogen) atoms. The van der Waals surface area contributed by atoms with Crippen LogP contribution < -0.4 is 15.4 Å².